The molecular formula is C24H26N2O2. The van der Waals surface area contributed by atoms with Crippen LogP contribution in [0.4, 0.5) is 0 Å². The fourth-order valence-corrected chi connectivity index (χ4v) is 3.38. The molecule has 0 radical (unpaired) electrons. The molecule has 3 rings (SSSR count). The summed E-state index contributed by atoms with van der Waals surface area (Å²) in [6, 6.07) is 24.1. The number of fused-ring (bicyclic) bond motifs is 1. The Morgan fingerprint density at radius 2 is 1.54 bits per heavy atom. The van der Waals surface area contributed by atoms with E-state index in [0.29, 0.717) is 6.54 Å². The zero-order chi connectivity index (χ0) is 19.8. The summed E-state index contributed by atoms with van der Waals surface area (Å²) < 4.78 is 0. The van der Waals surface area contributed by atoms with Gasteiger partial charge in [-0.25, -0.2) is 0 Å². The highest BCUT2D eigenvalue weighted by molar-refractivity contribution is 5.91. The topological polar surface area (TPSA) is 58.2 Å². The third-order valence-corrected chi connectivity index (χ3v) is 4.99. The lowest BCUT2D eigenvalue weighted by atomic mass is 9.96. The van der Waals surface area contributed by atoms with Gasteiger partial charge in [0, 0.05) is 12.5 Å². The average molecular weight is 374 g/mol. The molecule has 4 heteroatoms. The summed E-state index contributed by atoms with van der Waals surface area (Å²) in [6.07, 6.45) is 1.20. The van der Waals surface area contributed by atoms with Crippen molar-refractivity contribution in [2.75, 3.05) is 13.1 Å². The normalized spacial score (nSPS) is 11.8. The minimum Gasteiger partial charge on any atom is -0.354 e. The first-order valence-corrected chi connectivity index (χ1v) is 9.72. The van der Waals surface area contributed by atoms with E-state index in [-0.39, 0.29) is 30.7 Å². The quantitative estimate of drug-likeness (QED) is 0.630. The lowest BCUT2D eigenvalue weighted by Gasteiger charge is -2.16. The van der Waals surface area contributed by atoms with Gasteiger partial charge >= 0.3 is 0 Å². The smallest absolute Gasteiger partial charge is 0.239 e. The molecule has 4 nitrogen and oxygen atoms in total. The molecule has 0 fully saturated rings. The van der Waals surface area contributed by atoms with Gasteiger partial charge in [-0.1, -0.05) is 79.7 Å². The van der Waals surface area contributed by atoms with Gasteiger partial charge in [0.05, 0.1) is 13.0 Å². The van der Waals surface area contributed by atoms with Crippen LogP contribution in [0, 0.1) is 0 Å². The molecule has 3 aromatic carbocycles. The minimum absolute atomic E-state index is 0.00514. The zero-order valence-corrected chi connectivity index (χ0v) is 16.2. The Morgan fingerprint density at radius 1 is 0.821 bits per heavy atom. The van der Waals surface area contributed by atoms with Crippen LogP contribution in [0.2, 0.25) is 0 Å². The summed E-state index contributed by atoms with van der Waals surface area (Å²) in [7, 11) is 0. The molecule has 0 saturated carbocycles. The van der Waals surface area contributed by atoms with Crippen molar-refractivity contribution in [2.45, 2.75) is 25.7 Å². The maximum Gasteiger partial charge on any atom is 0.239 e. The van der Waals surface area contributed by atoms with E-state index in [9.17, 15) is 9.59 Å². The van der Waals surface area contributed by atoms with Crippen LogP contribution < -0.4 is 10.6 Å². The molecule has 0 heterocycles. The van der Waals surface area contributed by atoms with E-state index in [2.05, 4.69) is 29.7 Å². The van der Waals surface area contributed by atoms with Crippen molar-refractivity contribution in [2.24, 2.45) is 0 Å². The molecular weight excluding hydrogens is 348 g/mol. The number of carbonyl (C=O) groups is 2. The number of rotatable bonds is 8. The maximum absolute atomic E-state index is 12.3. The lowest BCUT2D eigenvalue weighted by molar-refractivity contribution is -0.125. The SMILES string of the molecule is CCC(CNC(=O)CNC(=O)Cc1cccc2ccccc12)c1ccccc1. The second kappa shape index (κ2) is 9.70. The van der Waals surface area contributed by atoms with Crippen LogP contribution in [-0.4, -0.2) is 24.9 Å². The molecule has 0 aliphatic heterocycles. The first kappa shape index (κ1) is 19.6. The molecule has 0 aromatic heterocycles. The molecule has 1 unspecified atom stereocenters. The van der Waals surface area contributed by atoms with Gasteiger partial charge in [-0.2, -0.15) is 0 Å². The van der Waals surface area contributed by atoms with E-state index >= 15 is 0 Å². The molecule has 144 valence electrons. The highest BCUT2D eigenvalue weighted by atomic mass is 16.2. The van der Waals surface area contributed by atoms with Crippen LogP contribution in [0.25, 0.3) is 10.8 Å². The number of carbonyl (C=O) groups excluding carboxylic acids is 2. The van der Waals surface area contributed by atoms with Gasteiger partial charge in [0.1, 0.15) is 0 Å². The molecule has 0 aliphatic carbocycles. The lowest BCUT2D eigenvalue weighted by Crippen LogP contribution is -2.39. The highest BCUT2D eigenvalue weighted by Crippen LogP contribution is 2.19. The first-order chi connectivity index (χ1) is 13.7. The standard InChI is InChI=1S/C24H26N2O2/c1-2-18(19-9-4-3-5-10-19)16-25-24(28)17-26-23(27)15-21-13-8-12-20-11-6-7-14-22(20)21/h3-14,18H,2,15-17H2,1H3,(H,25,28)(H,26,27). The van der Waals surface area contributed by atoms with Crippen LogP contribution in [0.1, 0.15) is 30.4 Å². The van der Waals surface area contributed by atoms with Crippen LogP contribution in [0.3, 0.4) is 0 Å². The second-order valence-electron chi connectivity index (χ2n) is 6.91. The zero-order valence-electron chi connectivity index (χ0n) is 16.2. The summed E-state index contributed by atoms with van der Waals surface area (Å²) in [5, 5.41) is 7.83. The van der Waals surface area contributed by atoms with E-state index in [4.69, 9.17) is 0 Å². The predicted molar refractivity (Wildman–Crippen MR) is 113 cm³/mol. The maximum atomic E-state index is 12.3. The molecule has 3 aromatic rings. The minimum atomic E-state index is -0.166. The van der Waals surface area contributed by atoms with Gasteiger partial charge in [0.15, 0.2) is 0 Å². The van der Waals surface area contributed by atoms with E-state index < -0.39 is 0 Å². The second-order valence-corrected chi connectivity index (χ2v) is 6.91. The molecule has 0 aliphatic rings. The summed E-state index contributed by atoms with van der Waals surface area (Å²) in [5.41, 5.74) is 2.18. The van der Waals surface area contributed by atoms with Crippen LogP contribution >= 0.6 is 0 Å². The molecule has 1 atom stereocenters. The molecule has 0 bridgehead atoms. The Balaban J connectivity index is 1.48. The Kier molecular flexibility index (Phi) is 6.79. The number of benzene rings is 3. The van der Waals surface area contributed by atoms with E-state index in [1.54, 1.807) is 0 Å². The van der Waals surface area contributed by atoms with Crippen molar-refractivity contribution in [3.05, 3.63) is 83.9 Å². The van der Waals surface area contributed by atoms with Gasteiger partial charge < -0.3 is 10.6 Å². The third kappa shape index (κ3) is 5.19. The fourth-order valence-electron chi connectivity index (χ4n) is 3.38. The Bertz CT molecular complexity index is 932. The van der Waals surface area contributed by atoms with Gasteiger partial charge in [0.2, 0.25) is 11.8 Å². The number of nitrogens with one attached hydrogen (secondary N) is 2. The van der Waals surface area contributed by atoms with Crippen molar-refractivity contribution in [1.29, 1.82) is 0 Å². The predicted octanol–water partition coefficient (Wildman–Crippen LogP) is 3.81. The van der Waals surface area contributed by atoms with Crippen molar-refractivity contribution < 1.29 is 9.59 Å². The van der Waals surface area contributed by atoms with Crippen LogP contribution in [0.5, 0.6) is 0 Å². The van der Waals surface area contributed by atoms with Gasteiger partial charge in [0.25, 0.3) is 0 Å². The molecule has 28 heavy (non-hydrogen) atoms. The highest BCUT2D eigenvalue weighted by Gasteiger charge is 2.12. The summed E-state index contributed by atoms with van der Waals surface area (Å²) >= 11 is 0. The summed E-state index contributed by atoms with van der Waals surface area (Å²) in [4.78, 5) is 24.4. The van der Waals surface area contributed by atoms with E-state index in [1.807, 2.05) is 60.7 Å². The fraction of sp³-hybridized carbons (Fsp3) is 0.250. The molecule has 0 saturated heterocycles. The van der Waals surface area contributed by atoms with Gasteiger partial charge in [-0.3, -0.25) is 9.59 Å². The number of amides is 2. The Morgan fingerprint density at radius 3 is 2.32 bits per heavy atom. The number of hydrogen-bond donors (Lipinski definition) is 2. The van der Waals surface area contributed by atoms with Crippen molar-refractivity contribution in [3.8, 4) is 0 Å². The van der Waals surface area contributed by atoms with Gasteiger partial charge in [-0.15, -0.1) is 0 Å². The monoisotopic (exact) mass is 374 g/mol. The molecule has 2 amide bonds. The van der Waals surface area contributed by atoms with Gasteiger partial charge in [-0.05, 0) is 28.3 Å². The van der Waals surface area contributed by atoms with E-state index in [0.717, 1.165) is 22.8 Å². The first-order valence-electron chi connectivity index (χ1n) is 9.72. The molecule has 2 N–H and O–H groups in total. The van der Waals surface area contributed by atoms with E-state index in [1.165, 1.54) is 5.56 Å². The largest absolute Gasteiger partial charge is 0.354 e. The van der Waals surface area contributed by atoms with Crippen LogP contribution in [-0.2, 0) is 16.0 Å². The summed E-state index contributed by atoms with van der Waals surface area (Å²) in [5.74, 6) is -0.0428. The van der Waals surface area contributed by atoms with Crippen LogP contribution in [0.15, 0.2) is 72.8 Å². The van der Waals surface area contributed by atoms with Crippen molar-refractivity contribution in [1.82, 2.24) is 10.6 Å². The average Bonchev–Trinajstić information content (AvgIpc) is 2.74. The third-order valence-electron chi connectivity index (χ3n) is 4.99. The number of hydrogen-bond acceptors (Lipinski definition) is 2. The Labute approximate surface area is 166 Å². The summed E-state index contributed by atoms with van der Waals surface area (Å²) in [6.45, 7) is 2.67. The Hall–Kier alpha value is -3.14. The molecule has 0 spiro atoms. The van der Waals surface area contributed by atoms with Crippen molar-refractivity contribution in [3.63, 3.8) is 0 Å². The van der Waals surface area contributed by atoms with Crippen molar-refractivity contribution >= 4 is 22.6 Å².